The van der Waals surface area contributed by atoms with Crippen LogP contribution in [0.3, 0.4) is 0 Å². The molecule has 0 saturated heterocycles. The van der Waals surface area contributed by atoms with Gasteiger partial charge in [0.1, 0.15) is 17.3 Å². The summed E-state index contributed by atoms with van der Waals surface area (Å²) in [6.07, 6.45) is 0. The first kappa shape index (κ1) is 16.9. The fourth-order valence-corrected chi connectivity index (χ4v) is 3.05. The molecule has 0 aliphatic heterocycles. The van der Waals surface area contributed by atoms with Crippen LogP contribution >= 0.6 is 0 Å². The van der Waals surface area contributed by atoms with Gasteiger partial charge in [0, 0.05) is 0 Å². The topological polar surface area (TPSA) is 68.9 Å². The number of benzene rings is 1. The third-order valence-corrected chi connectivity index (χ3v) is 4.14. The van der Waals surface area contributed by atoms with Crippen molar-refractivity contribution in [2.75, 3.05) is 13.7 Å². The van der Waals surface area contributed by atoms with E-state index in [0.29, 0.717) is 51.5 Å². The summed E-state index contributed by atoms with van der Waals surface area (Å²) in [5, 5.41) is 11.3. The fourth-order valence-electron chi connectivity index (χ4n) is 3.05. The fraction of sp³-hybridized carbons (Fsp3) is 0.250. The van der Waals surface area contributed by atoms with Gasteiger partial charge in [-0.25, -0.2) is 0 Å². The van der Waals surface area contributed by atoms with Gasteiger partial charge in [-0.1, -0.05) is 6.07 Å². The molecule has 2 aromatic carbocycles. The Bertz CT molecular complexity index is 1000. The number of phenols is 1. The molecule has 0 atom stereocenters. The van der Waals surface area contributed by atoms with E-state index >= 15 is 0 Å². The third-order valence-electron chi connectivity index (χ3n) is 4.14. The number of fused-ring (bicyclic) bond motifs is 1. The van der Waals surface area contributed by atoms with Gasteiger partial charge in [-0.2, -0.15) is 0 Å². The van der Waals surface area contributed by atoms with Crippen molar-refractivity contribution in [1.82, 2.24) is 0 Å². The number of aryl methyl sites for hydroxylation is 2. The highest BCUT2D eigenvalue weighted by atomic mass is 16.5. The maximum absolute atomic E-state index is 12.8. The van der Waals surface area contributed by atoms with Crippen LogP contribution in [0.2, 0.25) is 0 Å². The number of methoxy groups -OCH3 is 1. The first-order valence-electron chi connectivity index (χ1n) is 8.04. The molecule has 130 valence electrons. The zero-order chi connectivity index (χ0) is 18.1. The number of rotatable bonds is 4. The molecule has 1 N–H and O–H groups in total. The van der Waals surface area contributed by atoms with E-state index in [9.17, 15) is 9.90 Å². The van der Waals surface area contributed by atoms with Crippen molar-refractivity contribution < 1.29 is 19.0 Å². The first-order chi connectivity index (χ1) is 12.0. The summed E-state index contributed by atoms with van der Waals surface area (Å²) in [6, 6.07) is 8.36. The minimum Gasteiger partial charge on any atom is -0.504 e. The molecule has 0 bridgehead atoms. The Morgan fingerprint density at radius 1 is 1.00 bits per heavy atom. The molecule has 0 saturated carbocycles. The molecule has 0 amide bonds. The van der Waals surface area contributed by atoms with Gasteiger partial charge < -0.3 is 19.0 Å². The Labute approximate surface area is 145 Å². The van der Waals surface area contributed by atoms with Crippen LogP contribution in [0.4, 0.5) is 0 Å². The molecule has 3 rings (SSSR count). The van der Waals surface area contributed by atoms with Crippen LogP contribution in [0.25, 0.3) is 21.9 Å². The van der Waals surface area contributed by atoms with Gasteiger partial charge in [-0.05, 0) is 56.2 Å². The molecule has 0 aliphatic carbocycles. The van der Waals surface area contributed by atoms with Gasteiger partial charge in [0.2, 0.25) is 0 Å². The molecule has 5 heteroatoms. The van der Waals surface area contributed by atoms with Gasteiger partial charge in [0.05, 0.1) is 24.5 Å². The Hall–Kier alpha value is -2.95. The number of hydrogen-bond acceptors (Lipinski definition) is 5. The zero-order valence-corrected chi connectivity index (χ0v) is 14.7. The largest absolute Gasteiger partial charge is 0.504 e. The average Bonchev–Trinajstić information content (AvgIpc) is 2.78. The quantitative estimate of drug-likeness (QED) is 0.771. The molecular weight excluding hydrogens is 320 g/mol. The molecule has 1 aromatic heterocycles. The standard InChI is InChI=1S/C20H20O5/c1-5-24-18-10-14(13-6-7-17(23-4)15(21)8-13)9-16(22)19-11(2)25-12(3)20(18)19/h6-10,21H,5H2,1-4H3. The number of aromatic hydroxyl groups is 1. The highest BCUT2D eigenvalue weighted by molar-refractivity contribution is 5.93. The Kier molecular flexibility index (Phi) is 4.40. The van der Waals surface area contributed by atoms with Crippen molar-refractivity contribution in [3.63, 3.8) is 0 Å². The maximum atomic E-state index is 12.8. The van der Waals surface area contributed by atoms with Crippen molar-refractivity contribution in [3.8, 4) is 28.4 Å². The van der Waals surface area contributed by atoms with Crippen LogP contribution in [-0.2, 0) is 0 Å². The molecule has 3 aromatic rings. The molecule has 5 nitrogen and oxygen atoms in total. The van der Waals surface area contributed by atoms with E-state index in [1.165, 1.54) is 13.2 Å². The molecule has 25 heavy (non-hydrogen) atoms. The second-order valence-electron chi connectivity index (χ2n) is 5.76. The van der Waals surface area contributed by atoms with Gasteiger partial charge in [0.15, 0.2) is 16.9 Å². The normalized spacial score (nSPS) is 10.9. The van der Waals surface area contributed by atoms with Crippen LogP contribution in [0.5, 0.6) is 17.2 Å². The summed E-state index contributed by atoms with van der Waals surface area (Å²) >= 11 is 0. The van der Waals surface area contributed by atoms with Gasteiger partial charge in [-0.15, -0.1) is 0 Å². The minimum atomic E-state index is -0.152. The maximum Gasteiger partial charge on any atom is 0.190 e. The SMILES string of the molecule is CCOc1cc(-c2ccc(OC)c(O)c2)cc(=O)c2c(C)oc(C)c12. The van der Waals surface area contributed by atoms with Crippen molar-refractivity contribution in [2.45, 2.75) is 20.8 Å². The number of hydrogen-bond donors (Lipinski definition) is 1. The highest BCUT2D eigenvalue weighted by Crippen LogP contribution is 2.35. The van der Waals surface area contributed by atoms with E-state index in [0.717, 1.165) is 0 Å². The number of ether oxygens (including phenoxy) is 2. The molecule has 0 fully saturated rings. The van der Waals surface area contributed by atoms with Crippen molar-refractivity contribution >= 4 is 10.8 Å². The molecule has 0 unspecified atom stereocenters. The average molecular weight is 340 g/mol. The van der Waals surface area contributed by atoms with Crippen LogP contribution < -0.4 is 14.9 Å². The summed E-state index contributed by atoms with van der Waals surface area (Å²) < 4.78 is 16.5. The van der Waals surface area contributed by atoms with Crippen molar-refractivity contribution in [3.05, 3.63) is 52.1 Å². The molecule has 0 spiro atoms. The Morgan fingerprint density at radius 2 is 1.72 bits per heavy atom. The Balaban J connectivity index is 2.34. The predicted molar refractivity (Wildman–Crippen MR) is 96.8 cm³/mol. The lowest BCUT2D eigenvalue weighted by Gasteiger charge is -2.07. The van der Waals surface area contributed by atoms with E-state index in [1.54, 1.807) is 31.2 Å². The monoisotopic (exact) mass is 340 g/mol. The lowest BCUT2D eigenvalue weighted by atomic mass is 10.1. The number of furan rings is 1. The Morgan fingerprint density at radius 3 is 2.36 bits per heavy atom. The lowest BCUT2D eigenvalue weighted by Crippen LogP contribution is -1.96. The van der Waals surface area contributed by atoms with Crippen LogP contribution in [0, 0.1) is 13.8 Å². The van der Waals surface area contributed by atoms with Gasteiger partial charge >= 0.3 is 0 Å². The van der Waals surface area contributed by atoms with Crippen LogP contribution in [0.1, 0.15) is 18.4 Å². The lowest BCUT2D eigenvalue weighted by molar-refractivity contribution is 0.344. The van der Waals surface area contributed by atoms with Crippen LogP contribution in [-0.4, -0.2) is 18.8 Å². The smallest absolute Gasteiger partial charge is 0.190 e. The second kappa shape index (κ2) is 6.51. The van der Waals surface area contributed by atoms with E-state index in [2.05, 4.69) is 0 Å². The zero-order valence-electron chi connectivity index (χ0n) is 14.7. The molecular formula is C20H20O5. The van der Waals surface area contributed by atoms with E-state index in [-0.39, 0.29) is 11.2 Å². The highest BCUT2D eigenvalue weighted by Gasteiger charge is 2.16. The van der Waals surface area contributed by atoms with E-state index in [1.807, 2.05) is 13.8 Å². The van der Waals surface area contributed by atoms with E-state index < -0.39 is 0 Å². The molecule has 0 radical (unpaired) electrons. The predicted octanol–water partition coefficient (Wildman–Crippen LogP) is 4.19. The van der Waals surface area contributed by atoms with Crippen molar-refractivity contribution in [1.29, 1.82) is 0 Å². The minimum absolute atomic E-state index is 0.0123. The summed E-state index contributed by atoms with van der Waals surface area (Å²) in [5.74, 6) is 2.18. The summed E-state index contributed by atoms with van der Waals surface area (Å²) in [7, 11) is 1.49. The number of phenolic OH excluding ortho intramolecular Hbond substituents is 1. The van der Waals surface area contributed by atoms with Crippen molar-refractivity contribution in [2.24, 2.45) is 0 Å². The first-order valence-corrected chi connectivity index (χ1v) is 8.04. The van der Waals surface area contributed by atoms with E-state index in [4.69, 9.17) is 13.9 Å². The summed E-state index contributed by atoms with van der Waals surface area (Å²) in [4.78, 5) is 12.8. The summed E-state index contributed by atoms with van der Waals surface area (Å²) in [6.45, 7) is 5.93. The second-order valence-corrected chi connectivity index (χ2v) is 5.76. The van der Waals surface area contributed by atoms with Gasteiger partial charge in [0.25, 0.3) is 0 Å². The molecule has 0 aliphatic rings. The third kappa shape index (κ3) is 2.93. The van der Waals surface area contributed by atoms with Gasteiger partial charge in [-0.3, -0.25) is 4.79 Å². The summed E-state index contributed by atoms with van der Waals surface area (Å²) in [5.41, 5.74) is 1.20. The molecule has 1 heterocycles. The van der Waals surface area contributed by atoms with Crippen LogP contribution in [0.15, 0.2) is 39.5 Å².